The van der Waals surface area contributed by atoms with Crippen LogP contribution in [-0.4, -0.2) is 65.4 Å². The van der Waals surface area contributed by atoms with Crippen LogP contribution in [0.1, 0.15) is 38.2 Å². The van der Waals surface area contributed by atoms with E-state index in [0.29, 0.717) is 63.1 Å². The molecule has 2 aliphatic rings. The fourth-order valence-corrected chi connectivity index (χ4v) is 5.84. The number of methoxy groups -OCH3 is 1. The van der Waals surface area contributed by atoms with Crippen molar-refractivity contribution in [3.05, 3.63) is 72.4 Å². The van der Waals surface area contributed by atoms with Crippen LogP contribution >= 0.6 is 0 Å². The maximum Gasteiger partial charge on any atom is 0.311 e. The number of benzene rings is 2. The highest BCUT2D eigenvalue weighted by molar-refractivity contribution is 5.89. The molecule has 1 amide bonds. The molecule has 2 aliphatic heterocycles. The average molecular weight is 515 g/mol. The number of anilines is 1. The zero-order valence-electron chi connectivity index (χ0n) is 22.0. The summed E-state index contributed by atoms with van der Waals surface area (Å²) in [6, 6.07) is 19.1. The average Bonchev–Trinajstić information content (AvgIpc) is 2.97. The second kappa shape index (κ2) is 10.4. The van der Waals surface area contributed by atoms with Crippen LogP contribution in [0.25, 0.3) is 11.3 Å². The van der Waals surface area contributed by atoms with Crippen molar-refractivity contribution in [2.24, 2.45) is 5.41 Å². The first-order valence-corrected chi connectivity index (χ1v) is 13.2. The van der Waals surface area contributed by atoms with Gasteiger partial charge in [-0.05, 0) is 56.4 Å². The SMILES string of the molecule is COC(=O)C1(C)CCN(C(=O)C2(c3ccccc3)CCN(c3cnnc(-c4ccccc4O)c3)CC2)CC1. The van der Waals surface area contributed by atoms with Gasteiger partial charge in [0, 0.05) is 31.7 Å². The Labute approximate surface area is 223 Å². The standard InChI is InChI=1S/C30H34N4O4/c1-29(28(37)38-2)12-16-34(17-13-29)27(36)30(22-8-4-3-5-9-22)14-18-33(19-15-30)23-20-25(32-31-21-23)24-10-6-7-11-26(24)35/h3-11,20-21,35H,12-19H2,1-2H3. The minimum atomic E-state index is -0.627. The van der Waals surface area contributed by atoms with Gasteiger partial charge in [0.15, 0.2) is 0 Å². The minimum Gasteiger partial charge on any atom is -0.507 e. The lowest BCUT2D eigenvalue weighted by Crippen LogP contribution is -2.56. The molecule has 8 heteroatoms. The van der Waals surface area contributed by atoms with Crippen LogP contribution in [0, 0.1) is 5.41 Å². The van der Waals surface area contributed by atoms with E-state index in [9.17, 15) is 14.7 Å². The molecule has 2 fully saturated rings. The number of carbonyl (C=O) groups excluding carboxylic acids is 2. The Morgan fingerprint density at radius 3 is 2.24 bits per heavy atom. The number of carbonyl (C=O) groups is 2. The molecule has 0 unspecified atom stereocenters. The topological polar surface area (TPSA) is 95.9 Å². The highest BCUT2D eigenvalue weighted by Crippen LogP contribution is 2.41. The molecule has 38 heavy (non-hydrogen) atoms. The van der Waals surface area contributed by atoms with Crippen molar-refractivity contribution in [1.82, 2.24) is 15.1 Å². The number of amides is 1. The molecule has 3 aromatic rings. The van der Waals surface area contributed by atoms with Crippen LogP contribution in [0.5, 0.6) is 5.75 Å². The van der Waals surface area contributed by atoms with E-state index in [-0.39, 0.29) is 17.6 Å². The Morgan fingerprint density at radius 1 is 0.921 bits per heavy atom. The predicted octanol–water partition coefficient (Wildman–Crippen LogP) is 4.19. The van der Waals surface area contributed by atoms with E-state index in [1.807, 2.05) is 48.2 Å². The van der Waals surface area contributed by atoms with Gasteiger partial charge in [0.25, 0.3) is 0 Å². The van der Waals surface area contributed by atoms with E-state index >= 15 is 0 Å². The Kier molecular flexibility index (Phi) is 7.06. The molecular formula is C30H34N4O4. The van der Waals surface area contributed by atoms with E-state index in [4.69, 9.17) is 4.74 Å². The Morgan fingerprint density at radius 2 is 1.58 bits per heavy atom. The van der Waals surface area contributed by atoms with Gasteiger partial charge in [0.05, 0.1) is 35.5 Å². The Balaban J connectivity index is 1.36. The van der Waals surface area contributed by atoms with Crippen LogP contribution in [0.4, 0.5) is 5.69 Å². The fraction of sp³-hybridized carbons (Fsp3) is 0.400. The number of para-hydroxylation sites is 1. The lowest BCUT2D eigenvalue weighted by molar-refractivity contribution is -0.157. The number of hydrogen-bond donors (Lipinski definition) is 1. The molecule has 2 aromatic carbocycles. The van der Waals surface area contributed by atoms with Crippen LogP contribution in [0.3, 0.4) is 0 Å². The molecule has 1 N–H and O–H groups in total. The molecule has 1 aromatic heterocycles. The number of phenolic OH excluding ortho intramolecular Hbond substituents is 1. The molecule has 0 saturated carbocycles. The fourth-order valence-electron chi connectivity index (χ4n) is 5.84. The monoisotopic (exact) mass is 514 g/mol. The van der Waals surface area contributed by atoms with Crippen molar-refractivity contribution in [2.45, 2.75) is 38.0 Å². The summed E-state index contributed by atoms with van der Waals surface area (Å²) in [5, 5.41) is 18.7. The molecule has 0 spiro atoms. The molecule has 0 aliphatic carbocycles. The van der Waals surface area contributed by atoms with E-state index in [2.05, 4.69) is 27.2 Å². The van der Waals surface area contributed by atoms with Crippen molar-refractivity contribution in [3.8, 4) is 17.0 Å². The number of aromatic nitrogens is 2. The minimum absolute atomic E-state index is 0.137. The smallest absolute Gasteiger partial charge is 0.311 e. The number of aromatic hydroxyl groups is 1. The van der Waals surface area contributed by atoms with Gasteiger partial charge in [-0.25, -0.2) is 0 Å². The van der Waals surface area contributed by atoms with E-state index < -0.39 is 10.8 Å². The van der Waals surface area contributed by atoms with Crippen LogP contribution in [0.15, 0.2) is 66.9 Å². The van der Waals surface area contributed by atoms with Gasteiger partial charge in [-0.15, -0.1) is 0 Å². The second-order valence-corrected chi connectivity index (χ2v) is 10.6. The number of rotatable bonds is 5. The van der Waals surface area contributed by atoms with Gasteiger partial charge in [-0.2, -0.15) is 10.2 Å². The van der Waals surface area contributed by atoms with Crippen LogP contribution in [-0.2, 0) is 19.7 Å². The van der Waals surface area contributed by atoms with Crippen LogP contribution < -0.4 is 4.90 Å². The van der Waals surface area contributed by atoms with Crippen molar-refractivity contribution in [2.75, 3.05) is 38.2 Å². The maximum atomic E-state index is 14.2. The zero-order valence-corrected chi connectivity index (χ0v) is 22.0. The lowest BCUT2D eigenvalue weighted by atomic mass is 9.70. The lowest BCUT2D eigenvalue weighted by Gasteiger charge is -2.46. The van der Waals surface area contributed by atoms with Crippen molar-refractivity contribution < 1.29 is 19.4 Å². The number of piperidine rings is 2. The molecule has 0 bridgehead atoms. The molecule has 0 atom stereocenters. The number of ether oxygens (including phenoxy) is 1. The highest BCUT2D eigenvalue weighted by Gasteiger charge is 2.47. The van der Waals surface area contributed by atoms with E-state index in [1.165, 1.54) is 7.11 Å². The second-order valence-electron chi connectivity index (χ2n) is 10.6. The number of phenols is 1. The summed E-state index contributed by atoms with van der Waals surface area (Å²) in [5.74, 6) is 0.0963. The third-order valence-electron chi connectivity index (χ3n) is 8.37. The predicted molar refractivity (Wildman–Crippen MR) is 145 cm³/mol. The van der Waals surface area contributed by atoms with Crippen molar-refractivity contribution in [3.63, 3.8) is 0 Å². The number of hydrogen-bond acceptors (Lipinski definition) is 7. The number of esters is 1. The third-order valence-corrected chi connectivity index (χ3v) is 8.37. The quantitative estimate of drug-likeness (QED) is 0.510. The summed E-state index contributed by atoms with van der Waals surface area (Å²) >= 11 is 0. The van der Waals surface area contributed by atoms with Gasteiger partial charge in [-0.1, -0.05) is 42.5 Å². The summed E-state index contributed by atoms with van der Waals surface area (Å²) in [7, 11) is 1.42. The molecule has 3 heterocycles. The summed E-state index contributed by atoms with van der Waals surface area (Å²) in [6.07, 6.45) is 4.25. The first-order valence-electron chi connectivity index (χ1n) is 13.2. The van der Waals surface area contributed by atoms with Crippen LogP contribution in [0.2, 0.25) is 0 Å². The summed E-state index contributed by atoms with van der Waals surface area (Å²) < 4.78 is 5.02. The van der Waals surface area contributed by atoms with Crippen molar-refractivity contribution in [1.29, 1.82) is 0 Å². The first-order chi connectivity index (χ1) is 18.4. The number of nitrogens with zero attached hydrogens (tertiary/aromatic N) is 4. The van der Waals surface area contributed by atoms with Gasteiger partial charge < -0.3 is 19.6 Å². The van der Waals surface area contributed by atoms with E-state index in [1.54, 1.807) is 18.3 Å². The largest absolute Gasteiger partial charge is 0.507 e. The van der Waals surface area contributed by atoms with Gasteiger partial charge in [-0.3, -0.25) is 9.59 Å². The van der Waals surface area contributed by atoms with Gasteiger partial charge in [0.1, 0.15) is 5.75 Å². The van der Waals surface area contributed by atoms with Crippen molar-refractivity contribution >= 4 is 17.6 Å². The maximum absolute atomic E-state index is 14.2. The third kappa shape index (κ3) is 4.71. The Bertz CT molecular complexity index is 1300. The highest BCUT2D eigenvalue weighted by atomic mass is 16.5. The number of likely N-dealkylation sites (tertiary alicyclic amines) is 1. The Hall–Kier alpha value is -3.94. The molecule has 5 rings (SSSR count). The summed E-state index contributed by atoms with van der Waals surface area (Å²) in [4.78, 5) is 30.7. The molecule has 0 radical (unpaired) electrons. The van der Waals surface area contributed by atoms with Gasteiger partial charge in [0.2, 0.25) is 5.91 Å². The summed E-state index contributed by atoms with van der Waals surface area (Å²) in [6.45, 7) is 4.38. The zero-order chi connectivity index (χ0) is 26.8. The molecule has 2 saturated heterocycles. The normalized spacial score (nSPS) is 18.6. The summed E-state index contributed by atoms with van der Waals surface area (Å²) in [5.41, 5.74) is 2.02. The molecule has 8 nitrogen and oxygen atoms in total. The molecular weight excluding hydrogens is 480 g/mol. The molecule has 198 valence electrons. The first kappa shape index (κ1) is 25.7. The van der Waals surface area contributed by atoms with Gasteiger partial charge >= 0.3 is 5.97 Å². The van der Waals surface area contributed by atoms with E-state index in [0.717, 1.165) is 11.3 Å².